The van der Waals surface area contributed by atoms with Crippen LogP contribution in [0, 0.1) is 0 Å². The highest BCUT2D eigenvalue weighted by Crippen LogP contribution is 2.29. The van der Waals surface area contributed by atoms with Crippen molar-refractivity contribution < 1.29 is 5.11 Å². The van der Waals surface area contributed by atoms with Crippen LogP contribution in [0.1, 0.15) is 25.7 Å². The standard InChI is InChI=1S/C10H17N5O/c11-7-5-8(15-9(12)14-7)13-6-10(16)3-1-2-4-10/h5,16H,1-4,6H2,(H5,11,12,13,14,15). The second-order valence-electron chi connectivity index (χ2n) is 4.32. The molecule has 0 radical (unpaired) electrons. The third-order valence-electron chi connectivity index (χ3n) is 2.90. The molecule has 6 N–H and O–H groups in total. The van der Waals surface area contributed by atoms with Crippen LogP contribution >= 0.6 is 0 Å². The lowest BCUT2D eigenvalue weighted by atomic mass is 10.0. The third kappa shape index (κ3) is 2.52. The summed E-state index contributed by atoms with van der Waals surface area (Å²) in [5.74, 6) is 1.03. The van der Waals surface area contributed by atoms with E-state index in [1.54, 1.807) is 6.07 Å². The molecule has 1 fully saturated rings. The van der Waals surface area contributed by atoms with E-state index in [-0.39, 0.29) is 5.95 Å². The van der Waals surface area contributed by atoms with Gasteiger partial charge in [0.1, 0.15) is 11.6 Å². The summed E-state index contributed by atoms with van der Waals surface area (Å²) in [6.45, 7) is 0.475. The minimum Gasteiger partial charge on any atom is -0.388 e. The van der Waals surface area contributed by atoms with Crippen molar-refractivity contribution >= 4 is 17.6 Å². The van der Waals surface area contributed by atoms with Gasteiger partial charge in [0.25, 0.3) is 0 Å². The van der Waals surface area contributed by atoms with Gasteiger partial charge in [-0.25, -0.2) is 0 Å². The molecule has 1 aromatic rings. The molecule has 88 valence electrons. The Balaban J connectivity index is 1.98. The summed E-state index contributed by atoms with van der Waals surface area (Å²) < 4.78 is 0. The van der Waals surface area contributed by atoms with E-state index >= 15 is 0 Å². The van der Waals surface area contributed by atoms with Gasteiger partial charge in [0.2, 0.25) is 5.95 Å². The van der Waals surface area contributed by atoms with Crippen molar-refractivity contribution in [1.29, 1.82) is 0 Å². The Morgan fingerprint density at radius 1 is 1.31 bits per heavy atom. The van der Waals surface area contributed by atoms with Gasteiger partial charge >= 0.3 is 0 Å². The van der Waals surface area contributed by atoms with Gasteiger partial charge in [-0.15, -0.1) is 0 Å². The van der Waals surface area contributed by atoms with Crippen molar-refractivity contribution in [3.8, 4) is 0 Å². The van der Waals surface area contributed by atoms with Crippen molar-refractivity contribution in [3.05, 3.63) is 6.07 Å². The van der Waals surface area contributed by atoms with E-state index in [4.69, 9.17) is 11.5 Å². The molecule has 0 aliphatic heterocycles. The Morgan fingerprint density at radius 3 is 2.62 bits per heavy atom. The highest BCUT2D eigenvalue weighted by Gasteiger charge is 2.30. The lowest BCUT2D eigenvalue weighted by Crippen LogP contribution is -2.33. The van der Waals surface area contributed by atoms with Crippen LogP contribution in [0.15, 0.2) is 6.07 Å². The number of nitrogens with two attached hydrogens (primary N) is 2. The second kappa shape index (κ2) is 4.13. The fourth-order valence-electron chi connectivity index (χ4n) is 2.04. The molecule has 0 atom stereocenters. The van der Waals surface area contributed by atoms with E-state index < -0.39 is 5.60 Å². The molecule has 6 nitrogen and oxygen atoms in total. The lowest BCUT2D eigenvalue weighted by molar-refractivity contribution is 0.0614. The maximum atomic E-state index is 10.1. The first-order chi connectivity index (χ1) is 7.57. The number of hydrogen-bond acceptors (Lipinski definition) is 6. The van der Waals surface area contributed by atoms with Gasteiger partial charge in [0.15, 0.2) is 0 Å². The Labute approximate surface area is 94.1 Å². The quantitative estimate of drug-likeness (QED) is 0.589. The fourth-order valence-corrected chi connectivity index (χ4v) is 2.04. The van der Waals surface area contributed by atoms with E-state index in [1.165, 1.54) is 0 Å². The summed E-state index contributed by atoms with van der Waals surface area (Å²) in [5.41, 5.74) is 10.4. The molecule has 0 amide bonds. The van der Waals surface area contributed by atoms with Gasteiger partial charge in [0.05, 0.1) is 5.60 Å². The monoisotopic (exact) mass is 223 g/mol. The van der Waals surface area contributed by atoms with E-state index in [9.17, 15) is 5.11 Å². The number of nitrogens with zero attached hydrogens (tertiary/aromatic N) is 2. The van der Waals surface area contributed by atoms with E-state index in [0.29, 0.717) is 18.2 Å². The van der Waals surface area contributed by atoms with Crippen LogP contribution in [-0.4, -0.2) is 27.2 Å². The first-order valence-electron chi connectivity index (χ1n) is 5.44. The largest absolute Gasteiger partial charge is 0.388 e. The number of hydrogen-bond donors (Lipinski definition) is 4. The lowest BCUT2D eigenvalue weighted by Gasteiger charge is -2.22. The first kappa shape index (κ1) is 10.9. The number of nitrogens with one attached hydrogen (secondary N) is 1. The minimum atomic E-state index is -0.617. The van der Waals surface area contributed by atoms with Crippen LogP contribution in [-0.2, 0) is 0 Å². The normalized spacial score (nSPS) is 18.6. The van der Waals surface area contributed by atoms with Crippen LogP contribution in [0.2, 0.25) is 0 Å². The SMILES string of the molecule is Nc1cc(NCC2(O)CCCC2)nc(N)n1. The topological polar surface area (TPSA) is 110 Å². The van der Waals surface area contributed by atoms with E-state index in [0.717, 1.165) is 25.7 Å². The maximum Gasteiger partial charge on any atom is 0.223 e. The molecule has 0 unspecified atom stereocenters. The number of anilines is 3. The summed E-state index contributed by atoms with van der Waals surface area (Å²) in [4.78, 5) is 7.76. The molecule has 6 heteroatoms. The van der Waals surface area contributed by atoms with E-state index in [1.807, 2.05) is 0 Å². The zero-order valence-corrected chi connectivity index (χ0v) is 9.11. The summed E-state index contributed by atoms with van der Waals surface area (Å²) in [6, 6.07) is 1.61. The summed E-state index contributed by atoms with van der Waals surface area (Å²) in [5, 5.41) is 13.2. The summed E-state index contributed by atoms with van der Waals surface area (Å²) >= 11 is 0. The molecule has 1 aromatic heterocycles. The third-order valence-corrected chi connectivity index (χ3v) is 2.90. The molecular formula is C10H17N5O. The zero-order chi connectivity index (χ0) is 11.6. The van der Waals surface area contributed by atoms with Gasteiger partial charge in [-0.3, -0.25) is 0 Å². The molecule has 0 spiro atoms. The Morgan fingerprint density at radius 2 is 2.00 bits per heavy atom. The van der Waals surface area contributed by atoms with Gasteiger partial charge in [0, 0.05) is 12.6 Å². The predicted molar refractivity (Wildman–Crippen MR) is 62.8 cm³/mol. The fraction of sp³-hybridized carbons (Fsp3) is 0.600. The molecule has 0 bridgehead atoms. The Kier molecular flexibility index (Phi) is 2.82. The molecule has 0 aromatic carbocycles. The van der Waals surface area contributed by atoms with Crippen LogP contribution in [0.4, 0.5) is 17.6 Å². The molecule has 0 saturated heterocycles. The molecule has 1 aliphatic rings. The highest BCUT2D eigenvalue weighted by molar-refractivity contribution is 5.48. The summed E-state index contributed by atoms with van der Waals surface area (Å²) in [7, 11) is 0. The second-order valence-corrected chi connectivity index (χ2v) is 4.32. The van der Waals surface area contributed by atoms with Gasteiger partial charge in [-0.05, 0) is 12.8 Å². The zero-order valence-electron chi connectivity index (χ0n) is 9.11. The van der Waals surface area contributed by atoms with Gasteiger partial charge < -0.3 is 21.9 Å². The van der Waals surface area contributed by atoms with Crippen molar-refractivity contribution in [3.63, 3.8) is 0 Å². The number of aromatic nitrogens is 2. The maximum absolute atomic E-state index is 10.1. The van der Waals surface area contributed by atoms with Gasteiger partial charge in [-0.2, -0.15) is 9.97 Å². The molecule has 1 aliphatic carbocycles. The average molecular weight is 223 g/mol. The molecule has 1 saturated carbocycles. The van der Waals surface area contributed by atoms with Crippen LogP contribution < -0.4 is 16.8 Å². The predicted octanol–water partition coefficient (Wildman–Crippen LogP) is 0.358. The van der Waals surface area contributed by atoms with Gasteiger partial charge in [-0.1, -0.05) is 12.8 Å². The van der Waals surface area contributed by atoms with Crippen molar-refractivity contribution in [2.75, 3.05) is 23.3 Å². The summed E-state index contributed by atoms with van der Waals surface area (Å²) in [6.07, 6.45) is 3.81. The minimum absolute atomic E-state index is 0.140. The smallest absolute Gasteiger partial charge is 0.223 e. The number of nitrogen functional groups attached to an aromatic ring is 2. The van der Waals surface area contributed by atoms with Crippen LogP contribution in [0.3, 0.4) is 0 Å². The highest BCUT2D eigenvalue weighted by atomic mass is 16.3. The molecule has 1 heterocycles. The average Bonchev–Trinajstić information content (AvgIpc) is 2.62. The Hall–Kier alpha value is -1.56. The van der Waals surface area contributed by atoms with Crippen molar-refractivity contribution in [2.24, 2.45) is 0 Å². The molecule has 2 rings (SSSR count). The molecule has 16 heavy (non-hydrogen) atoms. The number of rotatable bonds is 3. The first-order valence-corrected chi connectivity index (χ1v) is 5.44. The molecular weight excluding hydrogens is 206 g/mol. The number of aliphatic hydroxyl groups is 1. The van der Waals surface area contributed by atoms with Crippen LogP contribution in [0.5, 0.6) is 0 Å². The van der Waals surface area contributed by atoms with Crippen molar-refractivity contribution in [2.45, 2.75) is 31.3 Å². The van der Waals surface area contributed by atoms with Crippen LogP contribution in [0.25, 0.3) is 0 Å². The Bertz CT molecular complexity index is 355. The van der Waals surface area contributed by atoms with Crippen molar-refractivity contribution in [1.82, 2.24) is 9.97 Å². The van der Waals surface area contributed by atoms with E-state index in [2.05, 4.69) is 15.3 Å².